The normalized spacial score (nSPS) is 9.21. The molecule has 0 saturated heterocycles. The second-order valence-electron chi connectivity index (χ2n) is 2.41. The van der Waals surface area contributed by atoms with Gasteiger partial charge in [0.15, 0.2) is 5.65 Å². The predicted octanol–water partition coefficient (Wildman–Crippen LogP) is 0.834. The molecule has 2 heterocycles. The lowest BCUT2D eigenvalue weighted by Crippen LogP contribution is -1.86. The van der Waals surface area contributed by atoms with Crippen LogP contribution in [0.25, 0.3) is 11.2 Å². The summed E-state index contributed by atoms with van der Waals surface area (Å²) in [5.74, 6) is -0.745. The first kappa shape index (κ1) is 10.1. The van der Waals surface area contributed by atoms with E-state index >= 15 is 0 Å². The van der Waals surface area contributed by atoms with Gasteiger partial charge in [-0.25, -0.2) is 15.0 Å². The van der Waals surface area contributed by atoms with Gasteiger partial charge < -0.3 is 10.1 Å². The van der Waals surface area contributed by atoms with Crippen LogP contribution in [0, 0.1) is 0 Å². The smallest absolute Gasteiger partial charge is 0.303 e. The summed E-state index contributed by atoms with van der Waals surface area (Å²) in [6.45, 7) is 1.60. The van der Waals surface area contributed by atoms with Crippen molar-refractivity contribution in [2.75, 3.05) is 0 Å². The molecule has 0 aliphatic heterocycles. The fraction of sp³-hybridized carbons (Fsp3) is 0.250. The Morgan fingerprint density at radius 1 is 1.57 bits per heavy atom. The van der Waals surface area contributed by atoms with Crippen molar-refractivity contribution in [3.8, 4) is 0 Å². The molecular formula is C8H10N4O2. The van der Waals surface area contributed by atoms with Crippen molar-refractivity contribution in [1.82, 2.24) is 19.9 Å². The van der Waals surface area contributed by atoms with E-state index in [0.29, 0.717) is 5.65 Å². The Morgan fingerprint density at radius 2 is 2.29 bits per heavy atom. The molecule has 2 aromatic rings. The van der Waals surface area contributed by atoms with E-state index in [1.807, 2.05) is 0 Å². The fourth-order valence-corrected chi connectivity index (χ4v) is 0.691. The summed E-state index contributed by atoms with van der Waals surface area (Å²) in [7, 11) is 0. The van der Waals surface area contributed by atoms with Crippen LogP contribution in [0.2, 0.25) is 0 Å². The molecule has 0 aliphatic rings. The van der Waals surface area contributed by atoms with Crippen molar-refractivity contribution in [2.24, 2.45) is 0 Å². The summed E-state index contributed by atoms with van der Waals surface area (Å²) in [6.07, 6.45) is 4.98. The molecule has 2 aromatic heterocycles. The van der Waals surface area contributed by atoms with E-state index in [-0.39, 0.29) is 6.42 Å². The lowest BCUT2D eigenvalue weighted by molar-refractivity contribution is -0.136. The first-order valence-electron chi connectivity index (χ1n) is 4.05. The van der Waals surface area contributed by atoms with Crippen molar-refractivity contribution >= 4 is 17.1 Å². The topological polar surface area (TPSA) is 91.8 Å². The molecule has 74 valence electrons. The first-order chi connectivity index (χ1) is 6.74. The molecular weight excluding hydrogens is 184 g/mol. The molecule has 0 radical (unpaired) electrons. The van der Waals surface area contributed by atoms with E-state index in [0.717, 1.165) is 5.52 Å². The molecule has 0 unspecified atom stereocenters. The fourth-order valence-electron chi connectivity index (χ4n) is 0.691. The van der Waals surface area contributed by atoms with Gasteiger partial charge in [-0.15, -0.1) is 0 Å². The number of carboxylic acids is 1. The van der Waals surface area contributed by atoms with Gasteiger partial charge in [-0.1, -0.05) is 6.92 Å². The van der Waals surface area contributed by atoms with Gasteiger partial charge >= 0.3 is 5.97 Å². The maximum atomic E-state index is 9.37. The van der Waals surface area contributed by atoms with E-state index in [4.69, 9.17) is 5.11 Å². The van der Waals surface area contributed by atoms with Gasteiger partial charge in [0.05, 0.1) is 12.5 Å². The van der Waals surface area contributed by atoms with Crippen molar-refractivity contribution in [2.45, 2.75) is 13.3 Å². The summed E-state index contributed by atoms with van der Waals surface area (Å²) in [4.78, 5) is 23.9. The zero-order chi connectivity index (χ0) is 10.4. The third-order valence-electron chi connectivity index (χ3n) is 1.40. The maximum absolute atomic E-state index is 9.37. The van der Waals surface area contributed by atoms with Crippen LogP contribution in [0.5, 0.6) is 0 Å². The van der Waals surface area contributed by atoms with Gasteiger partial charge in [0.2, 0.25) is 0 Å². The summed E-state index contributed by atoms with van der Waals surface area (Å²) < 4.78 is 0. The van der Waals surface area contributed by atoms with Gasteiger partial charge in [-0.05, 0) is 0 Å². The lowest BCUT2D eigenvalue weighted by Gasteiger charge is -1.80. The van der Waals surface area contributed by atoms with Gasteiger partial charge in [0.1, 0.15) is 11.8 Å². The Labute approximate surface area is 80.0 Å². The first-order valence-corrected chi connectivity index (χ1v) is 4.05. The molecule has 0 saturated carbocycles. The van der Waals surface area contributed by atoms with Crippen LogP contribution in [0.1, 0.15) is 13.3 Å². The third-order valence-corrected chi connectivity index (χ3v) is 1.40. The van der Waals surface area contributed by atoms with Gasteiger partial charge in [-0.3, -0.25) is 4.79 Å². The number of aromatic amines is 1. The van der Waals surface area contributed by atoms with Crippen molar-refractivity contribution < 1.29 is 9.90 Å². The van der Waals surface area contributed by atoms with Crippen LogP contribution in [-0.2, 0) is 4.79 Å². The second-order valence-corrected chi connectivity index (χ2v) is 2.41. The SMILES string of the molecule is CCC(=O)O.c1ncc2[nH]cnc2n1. The van der Waals surface area contributed by atoms with Crippen LogP contribution < -0.4 is 0 Å². The van der Waals surface area contributed by atoms with Gasteiger partial charge in [0.25, 0.3) is 0 Å². The molecule has 2 rings (SSSR count). The maximum Gasteiger partial charge on any atom is 0.303 e. The van der Waals surface area contributed by atoms with Crippen LogP contribution >= 0.6 is 0 Å². The molecule has 0 bridgehead atoms. The van der Waals surface area contributed by atoms with Crippen LogP contribution in [-0.4, -0.2) is 31.0 Å². The summed E-state index contributed by atoms with van der Waals surface area (Å²) in [5, 5.41) is 7.72. The van der Waals surface area contributed by atoms with Gasteiger partial charge in [-0.2, -0.15) is 0 Å². The summed E-state index contributed by atoms with van der Waals surface area (Å²) in [5.41, 5.74) is 1.59. The number of fused-ring (bicyclic) bond motifs is 1. The van der Waals surface area contributed by atoms with Gasteiger partial charge in [0, 0.05) is 6.42 Å². The number of H-pyrrole nitrogens is 1. The van der Waals surface area contributed by atoms with Crippen LogP contribution in [0.15, 0.2) is 18.9 Å². The highest BCUT2D eigenvalue weighted by Crippen LogP contribution is 1.99. The number of nitrogens with zero attached hydrogens (tertiary/aromatic N) is 3. The number of hydrogen-bond acceptors (Lipinski definition) is 4. The van der Waals surface area contributed by atoms with E-state index in [1.165, 1.54) is 6.33 Å². The monoisotopic (exact) mass is 194 g/mol. The Kier molecular flexibility index (Phi) is 3.54. The average molecular weight is 194 g/mol. The van der Waals surface area contributed by atoms with E-state index < -0.39 is 5.97 Å². The standard InChI is InChI=1S/C5H4N4.C3H6O2/c1-4-5(8-2-6-1)9-3-7-4;1-2-3(4)5/h1-3H,(H,6,7,8,9);2H2,1H3,(H,4,5). The zero-order valence-corrected chi connectivity index (χ0v) is 7.64. The minimum Gasteiger partial charge on any atom is -0.481 e. The highest BCUT2D eigenvalue weighted by atomic mass is 16.4. The number of aromatic nitrogens is 4. The molecule has 0 fully saturated rings. The molecule has 0 spiro atoms. The Hall–Kier alpha value is -1.98. The van der Waals surface area contributed by atoms with E-state index in [1.54, 1.807) is 19.4 Å². The predicted molar refractivity (Wildman–Crippen MR) is 49.6 cm³/mol. The van der Waals surface area contributed by atoms with Crippen LogP contribution in [0.4, 0.5) is 0 Å². The minimum atomic E-state index is -0.745. The van der Waals surface area contributed by atoms with E-state index in [2.05, 4.69) is 19.9 Å². The molecule has 0 atom stereocenters. The number of hydrogen-bond donors (Lipinski definition) is 2. The number of carbonyl (C=O) groups is 1. The molecule has 6 nitrogen and oxygen atoms in total. The molecule has 6 heteroatoms. The number of aliphatic carboxylic acids is 1. The largest absolute Gasteiger partial charge is 0.481 e. The zero-order valence-electron chi connectivity index (χ0n) is 7.64. The Morgan fingerprint density at radius 3 is 2.86 bits per heavy atom. The van der Waals surface area contributed by atoms with Crippen molar-refractivity contribution in [3.63, 3.8) is 0 Å². The summed E-state index contributed by atoms with van der Waals surface area (Å²) >= 11 is 0. The molecule has 0 amide bonds. The second kappa shape index (κ2) is 4.90. The number of carboxylic acid groups (broad SMARTS) is 1. The Bertz CT molecular complexity index is 382. The quantitative estimate of drug-likeness (QED) is 0.701. The average Bonchev–Trinajstić information content (AvgIpc) is 2.66. The number of nitrogens with one attached hydrogen (secondary N) is 1. The highest BCUT2D eigenvalue weighted by molar-refractivity contribution is 5.67. The molecule has 14 heavy (non-hydrogen) atoms. The lowest BCUT2D eigenvalue weighted by atomic mass is 10.5. The van der Waals surface area contributed by atoms with Crippen molar-refractivity contribution in [3.05, 3.63) is 18.9 Å². The molecule has 2 N–H and O–H groups in total. The van der Waals surface area contributed by atoms with Crippen molar-refractivity contribution in [1.29, 1.82) is 0 Å². The van der Waals surface area contributed by atoms with E-state index in [9.17, 15) is 4.79 Å². The number of rotatable bonds is 1. The Balaban J connectivity index is 0.000000171. The number of imidazole rings is 1. The third kappa shape index (κ3) is 2.81. The molecule has 0 aromatic carbocycles. The summed E-state index contributed by atoms with van der Waals surface area (Å²) in [6, 6.07) is 0. The minimum absolute atomic E-state index is 0.222. The highest BCUT2D eigenvalue weighted by Gasteiger charge is 1.91. The van der Waals surface area contributed by atoms with Crippen LogP contribution in [0.3, 0.4) is 0 Å². The molecule has 0 aliphatic carbocycles.